The number of aromatic amines is 2. The van der Waals surface area contributed by atoms with Crippen LogP contribution >= 0.6 is 11.8 Å². The Hall–Kier alpha value is -8.77. The summed E-state index contributed by atoms with van der Waals surface area (Å²) in [5.74, 6) is -12.6. The number of thioether (sulfide) groups is 1. The fourth-order valence-corrected chi connectivity index (χ4v) is 9.12. The zero-order valence-corrected chi connectivity index (χ0v) is 51.7. The highest BCUT2D eigenvalue weighted by atomic mass is 32.2. The van der Waals surface area contributed by atoms with Gasteiger partial charge in [0.1, 0.15) is 60.4 Å². The first-order valence-corrected chi connectivity index (χ1v) is 30.1. The molecule has 3 aromatic rings. The molecule has 0 saturated heterocycles. The second-order valence-electron chi connectivity index (χ2n) is 21.8. The zero-order valence-electron chi connectivity index (χ0n) is 50.8. The molecular weight excluding hydrogens is 1200 g/mol. The molecule has 35 heteroatoms. The van der Waals surface area contributed by atoms with Crippen molar-refractivity contribution in [3.8, 4) is 0 Å². The standard InChI is InChI=1S/C55H86N18O16S/c1-26(2)15-36(50(84)66-34(45(59)79)13-14-90-6)68-51(85)38(17-30-20-60-25-63-30)65-43(78)21-62-55(89)44(27(3)4)73-46(80)28(5)64-49(83)37(16-29-19-61-33-10-8-7-9-31(29)33)69-48(82)35(11-12-42(58)77)67-52(86)40(23-75)71-54(88)41(24-76)72-53(87)39(22-74)70-47(81)32(57)18-56/h7-10,19-20,25-28,32,34-41,44,61,74-76H,11-18,21-24,56-57H2,1-6H3,(H2,58,77)(H2,59,79)(H,60,63)(H,62,89)(H,64,83)(H,65,78)(H,66,84)(H,67,86)(H,68,85)(H,69,82)(H,70,81)(H,71,88)(H,72,87)(H,73,80)/t28-,32?,34-,35-,36-,37-,38-,39-,40-,41-,44-/m0/s1. The first kappa shape index (κ1) is 75.5. The van der Waals surface area contributed by atoms with E-state index in [1.807, 2.05) is 20.1 Å². The van der Waals surface area contributed by atoms with E-state index in [1.54, 1.807) is 44.3 Å². The van der Waals surface area contributed by atoms with Gasteiger partial charge in [-0.05, 0) is 61.7 Å². The molecular formula is C55H86N18O16S. The number of fused-ring (bicyclic) bond motifs is 1. The number of carbonyl (C=O) groups is 13. The maximum atomic E-state index is 14.3. The Balaban J connectivity index is 1.80. The van der Waals surface area contributed by atoms with E-state index in [-0.39, 0.29) is 38.1 Å². The summed E-state index contributed by atoms with van der Waals surface area (Å²) in [4.78, 5) is 183. The molecule has 2 heterocycles. The van der Waals surface area contributed by atoms with Gasteiger partial charge in [0.25, 0.3) is 0 Å². The van der Waals surface area contributed by atoms with Crippen molar-refractivity contribution < 1.29 is 77.6 Å². The van der Waals surface area contributed by atoms with Gasteiger partial charge in [0.05, 0.1) is 38.7 Å². The number of rotatable bonds is 40. The molecule has 498 valence electrons. The van der Waals surface area contributed by atoms with E-state index in [0.29, 0.717) is 27.9 Å². The Morgan fingerprint density at radius 1 is 0.578 bits per heavy atom. The van der Waals surface area contributed by atoms with Crippen LogP contribution < -0.4 is 81.4 Å². The lowest BCUT2D eigenvalue weighted by molar-refractivity contribution is -0.137. The van der Waals surface area contributed by atoms with Crippen molar-refractivity contribution in [2.75, 3.05) is 44.9 Å². The Labute approximate surface area is 522 Å². The van der Waals surface area contributed by atoms with Gasteiger partial charge >= 0.3 is 0 Å². The molecule has 34 nitrogen and oxygen atoms in total. The third kappa shape index (κ3) is 24.7. The monoisotopic (exact) mass is 1290 g/mol. The van der Waals surface area contributed by atoms with E-state index in [9.17, 15) is 77.6 Å². The number of nitrogens with two attached hydrogens (primary N) is 4. The van der Waals surface area contributed by atoms with Crippen molar-refractivity contribution in [2.24, 2.45) is 34.8 Å². The SMILES string of the molecule is CSCC[C@H](NC(=O)[C@H](CC(C)C)NC(=O)[C@H](Cc1cnc[nH]1)NC(=O)CNC(=O)[C@@H](NC(=O)[C@H](C)NC(=O)[C@H](Cc1c[nH]c2ccccc12)NC(=O)[C@H](CCC(N)=O)NC(=O)[C@H](CO)NC(=O)[C@H](CO)NC(=O)[C@H](CO)NC(=O)C(N)CN)C(C)C)C(N)=O. The molecule has 0 radical (unpaired) electrons. The summed E-state index contributed by atoms with van der Waals surface area (Å²) in [6, 6.07) is -9.28. The van der Waals surface area contributed by atoms with Crippen molar-refractivity contribution in [1.29, 1.82) is 0 Å². The number of imidazole rings is 1. The number of hydrogen-bond donors (Lipinski definition) is 20. The first-order chi connectivity index (χ1) is 42.6. The predicted octanol–water partition coefficient (Wildman–Crippen LogP) is -7.87. The molecule has 0 bridgehead atoms. The number of amides is 13. The number of hydrogen-bond acceptors (Lipinski definition) is 20. The predicted molar refractivity (Wildman–Crippen MR) is 325 cm³/mol. The maximum absolute atomic E-state index is 14.3. The number of aliphatic hydroxyl groups excluding tert-OH is 3. The number of nitrogens with one attached hydrogen (secondary N) is 13. The summed E-state index contributed by atoms with van der Waals surface area (Å²) >= 11 is 1.44. The first-order valence-electron chi connectivity index (χ1n) is 28.7. The lowest BCUT2D eigenvalue weighted by atomic mass is 10.0. The van der Waals surface area contributed by atoms with Crippen LogP contribution in [0, 0.1) is 11.8 Å². The normalized spacial score (nSPS) is 14.9. The van der Waals surface area contributed by atoms with Gasteiger partial charge in [-0.25, -0.2) is 4.98 Å². The molecule has 0 fully saturated rings. The van der Waals surface area contributed by atoms with E-state index in [4.69, 9.17) is 22.9 Å². The third-order valence-electron chi connectivity index (χ3n) is 13.7. The van der Waals surface area contributed by atoms with Gasteiger partial charge in [0.2, 0.25) is 76.8 Å². The van der Waals surface area contributed by atoms with Crippen LogP contribution in [0.4, 0.5) is 0 Å². The topological polar surface area (TPSA) is 563 Å². The number of nitrogens with zero attached hydrogens (tertiary/aromatic N) is 1. The van der Waals surface area contributed by atoms with Crippen molar-refractivity contribution in [3.05, 3.63) is 54.2 Å². The second-order valence-corrected chi connectivity index (χ2v) is 22.8. The quantitative estimate of drug-likeness (QED) is 0.0251. The second kappa shape index (κ2) is 37.9. The van der Waals surface area contributed by atoms with Gasteiger partial charge in [0, 0.05) is 54.8 Å². The van der Waals surface area contributed by atoms with Crippen molar-refractivity contribution in [1.82, 2.24) is 73.4 Å². The van der Waals surface area contributed by atoms with Crippen LogP contribution in [0.1, 0.15) is 71.6 Å². The molecule has 0 aliphatic heterocycles. The molecule has 0 aliphatic carbocycles. The van der Waals surface area contributed by atoms with Crippen molar-refractivity contribution in [2.45, 2.75) is 140 Å². The Bertz CT molecular complexity index is 2950. The number of primary amides is 2. The number of benzene rings is 1. The lowest BCUT2D eigenvalue weighted by Crippen LogP contribution is -2.61. The molecule has 13 amide bonds. The van der Waals surface area contributed by atoms with E-state index in [0.717, 1.165) is 0 Å². The average Bonchev–Trinajstić information content (AvgIpc) is 2.49. The molecule has 1 aromatic carbocycles. The highest BCUT2D eigenvalue weighted by Gasteiger charge is 2.36. The number of H-pyrrole nitrogens is 2. The highest BCUT2D eigenvalue weighted by molar-refractivity contribution is 7.98. The van der Waals surface area contributed by atoms with Gasteiger partial charge in [-0.2, -0.15) is 11.8 Å². The largest absolute Gasteiger partial charge is 0.394 e. The molecule has 3 rings (SSSR count). The third-order valence-corrected chi connectivity index (χ3v) is 14.4. The van der Waals surface area contributed by atoms with E-state index >= 15 is 0 Å². The van der Waals surface area contributed by atoms with Gasteiger partial charge in [0.15, 0.2) is 0 Å². The average molecular weight is 1290 g/mol. The summed E-state index contributed by atoms with van der Waals surface area (Å²) in [5.41, 5.74) is 23.4. The van der Waals surface area contributed by atoms with Crippen LogP contribution in [0.5, 0.6) is 0 Å². The van der Waals surface area contributed by atoms with E-state index in [1.165, 1.54) is 31.2 Å². The van der Waals surface area contributed by atoms with Crippen LogP contribution in [0.3, 0.4) is 0 Å². The minimum Gasteiger partial charge on any atom is -0.394 e. The molecule has 1 unspecified atom stereocenters. The van der Waals surface area contributed by atoms with Crippen LogP contribution in [0.2, 0.25) is 0 Å². The van der Waals surface area contributed by atoms with Gasteiger partial charge in [-0.1, -0.05) is 45.9 Å². The van der Waals surface area contributed by atoms with E-state index < -0.39 is 188 Å². The highest BCUT2D eigenvalue weighted by Crippen LogP contribution is 2.20. The number of aliphatic hydroxyl groups is 3. The van der Waals surface area contributed by atoms with E-state index in [2.05, 4.69) is 73.4 Å². The van der Waals surface area contributed by atoms with Gasteiger partial charge < -0.3 is 107 Å². The molecule has 0 spiro atoms. The van der Waals surface area contributed by atoms with Gasteiger partial charge in [-0.15, -0.1) is 0 Å². The zero-order chi connectivity index (χ0) is 67.4. The minimum atomic E-state index is -1.90. The summed E-state index contributed by atoms with van der Waals surface area (Å²) in [6.07, 6.45) is 5.13. The van der Waals surface area contributed by atoms with Crippen LogP contribution in [-0.2, 0) is 75.2 Å². The molecule has 0 saturated carbocycles. The molecule has 11 atom stereocenters. The maximum Gasteiger partial charge on any atom is 0.245 e. The summed E-state index contributed by atoms with van der Waals surface area (Å²) < 4.78 is 0. The summed E-state index contributed by atoms with van der Waals surface area (Å²) in [5, 5.41) is 57.0. The Morgan fingerprint density at radius 2 is 1.09 bits per heavy atom. The van der Waals surface area contributed by atoms with Gasteiger partial charge in [-0.3, -0.25) is 62.3 Å². The van der Waals surface area contributed by atoms with Crippen molar-refractivity contribution >= 4 is 99.5 Å². The summed E-state index contributed by atoms with van der Waals surface area (Å²) in [7, 11) is 0. The fourth-order valence-electron chi connectivity index (χ4n) is 8.65. The van der Waals surface area contributed by atoms with Crippen LogP contribution in [0.25, 0.3) is 10.9 Å². The number of para-hydroxylation sites is 1. The lowest BCUT2D eigenvalue weighted by Gasteiger charge is -2.27. The number of carbonyl (C=O) groups excluding carboxylic acids is 13. The smallest absolute Gasteiger partial charge is 0.245 e. The van der Waals surface area contributed by atoms with Crippen molar-refractivity contribution in [3.63, 3.8) is 0 Å². The van der Waals surface area contributed by atoms with Crippen LogP contribution in [-0.4, -0.2) is 218 Å². The minimum absolute atomic E-state index is 0.115. The Morgan fingerprint density at radius 3 is 1.62 bits per heavy atom. The summed E-state index contributed by atoms with van der Waals surface area (Å²) in [6.45, 7) is 3.83. The molecule has 90 heavy (non-hydrogen) atoms. The Kier molecular flexibility index (Phi) is 31.8. The molecule has 0 aliphatic rings. The van der Waals surface area contributed by atoms with Crippen LogP contribution in [0.15, 0.2) is 43.0 Å². The number of aromatic nitrogens is 3. The fraction of sp³-hybridized carbons (Fsp3) is 0.564. The molecule has 24 N–H and O–H groups in total. The molecule has 2 aromatic heterocycles.